The first-order valence-electron chi connectivity index (χ1n) is 9.54. The number of para-hydroxylation sites is 2. The van der Waals surface area contributed by atoms with Crippen molar-refractivity contribution in [1.82, 2.24) is 4.90 Å². The van der Waals surface area contributed by atoms with E-state index in [0.29, 0.717) is 23.5 Å². The third-order valence-electron chi connectivity index (χ3n) is 6.59. The molecule has 0 aliphatic carbocycles. The van der Waals surface area contributed by atoms with E-state index in [1.54, 1.807) is 7.11 Å². The second-order valence-corrected chi connectivity index (χ2v) is 7.67. The standard InChI is InChI=1S/C21H21N3O4/c1-28-17-11-5-2-7-13(17)18-16-10-6-12-23(16)21(19(18)24(26)27)14-8-3-4-9-15(14)22-20(21)25/h2-5,7-9,11,16,18-19H,6,10,12H2,1H3,(H,22,25)/t16-,18+,19+,21+/m0/s1. The Morgan fingerprint density at radius 3 is 2.75 bits per heavy atom. The van der Waals surface area contributed by atoms with Crippen LogP contribution in [0.25, 0.3) is 0 Å². The van der Waals surface area contributed by atoms with Crippen molar-refractivity contribution in [1.29, 1.82) is 0 Å². The molecule has 1 spiro atoms. The van der Waals surface area contributed by atoms with Crippen LogP contribution in [0.5, 0.6) is 5.75 Å². The van der Waals surface area contributed by atoms with Gasteiger partial charge in [0.1, 0.15) is 5.75 Å². The first-order valence-corrected chi connectivity index (χ1v) is 9.54. The van der Waals surface area contributed by atoms with Crippen molar-refractivity contribution in [2.45, 2.75) is 36.4 Å². The number of hydrogen-bond donors (Lipinski definition) is 1. The van der Waals surface area contributed by atoms with Gasteiger partial charge in [-0.3, -0.25) is 19.8 Å². The SMILES string of the molecule is COc1ccccc1[C@@H]1[C@@H]2CCCN2[C@@]2(C(=O)Nc3ccccc32)[C@@H]1[N+](=O)[O-]. The van der Waals surface area contributed by atoms with Crippen LogP contribution in [0.4, 0.5) is 5.69 Å². The van der Waals surface area contributed by atoms with Crippen molar-refractivity contribution in [3.63, 3.8) is 0 Å². The molecule has 3 aliphatic rings. The van der Waals surface area contributed by atoms with Crippen LogP contribution in [-0.4, -0.2) is 41.5 Å². The molecule has 2 aromatic carbocycles. The molecule has 2 fully saturated rings. The van der Waals surface area contributed by atoms with Gasteiger partial charge in [-0.15, -0.1) is 0 Å². The van der Waals surface area contributed by atoms with E-state index in [0.717, 1.165) is 18.4 Å². The molecule has 5 rings (SSSR count). The van der Waals surface area contributed by atoms with E-state index in [1.807, 2.05) is 48.5 Å². The molecule has 0 radical (unpaired) electrons. The molecule has 2 aromatic rings. The number of benzene rings is 2. The smallest absolute Gasteiger partial charge is 0.256 e. The number of amides is 1. The summed E-state index contributed by atoms with van der Waals surface area (Å²) in [4.78, 5) is 27.7. The summed E-state index contributed by atoms with van der Waals surface area (Å²) in [5.41, 5.74) is 0.904. The van der Waals surface area contributed by atoms with E-state index < -0.39 is 17.5 Å². The predicted molar refractivity (Wildman–Crippen MR) is 103 cm³/mol. The molecule has 144 valence electrons. The average Bonchev–Trinajstić information content (AvgIpc) is 3.35. The molecule has 0 saturated carbocycles. The van der Waals surface area contributed by atoms with E-state index in [-0.39, 0.29) is 16.9 Å². The Morgan fingerprint density at radius 2 is 1.96 bits per heavy atom. The molecule has 3 aliphatic heterocycles. The molecule has 28 heavy (non-hydrogen) atoms. The van der Waals surface area contributed by atoms with E-state index in [2.05, 4.69) is 10.2 Å². The van der Waals surface area contributed by atoms with E-state index >= 15 is 0 Å². The number of carbonyl (C=O) groups excluding carboxylic acids is 1. The van der Waals surface area contributed by atoms with Gasteiger partial charge in [0.15, 0.2) is 5.54 Å². The lowest BCUT2D eigenvalue weighted by Gasteiger charge is -2.32. The summed E-state index contributed by atoms with van der Waals surface area (Å²) in [5.74, 6) is -0.0832. The normalized spacial score (nSPS) is 30.9. The molecule has 1 amide bonds. The largest absolute Gasteiger partial charge is 0.496 e. The number of rotatable bonds is 3. The van der Waals surface area contributed by atoms with Gasteiger partial charge in [-0.2, -0.15) is 0 Å². The Hall–Kier alpha value is -2.93. The lowest BCUT2D eigenvalue weighted by Crippen LogP contribution is -2.55. The van der Waals surface area contributed by atoms with Crippen LogP contribution in [0.15, 0.2) is 48.5 Å². The zero-order valence-electron chi connectivity index (χ0n) is 15.5. The van der Waals surface area contributed by atoms with Crippen molar-refractivity contribution in [2.24, 2.45) is 0 Å². The molecule has 7 nitrogen and oxygen atoms in total. The molecule has 4 atom stereocenters. The Kier molecular flexibility index (Phi) is 3.71. The number of nitrogens with one attached hydrogen (secondary N) is 1. The molecular weight excluding hydrogens is 358 g/mol. The molecule has 0 bridgehead atoms. The molecule has 0 unspecified atom stereocenters. The predicted octanol–water partition coefficient (Wildman–Crippen LogP) is 2.75. The molecular formula is C21H21N3O4. The summed E-state index contributed by atoms with van der Waals surface area (Å²) in [6.45, 7) is 0.669. The number of methoxy groups -OCH3 is 1. The van der Waals surface area contributed by atoms with E-state index in [4.69, 9.17) is 4.74 Å². The van der Waals surface area contributed by atoms with Crippen molar-refractivity contribution in [3.8, 4) is 5.75 Å². The highest BCUT2D eigenvalue weighted by atomic mass is 16.6. The fourth-order valence-electron chi connectivity index (χ4n) is 5.69. The van der Waals surface area contributed by atoms with E-state index in [9.17, 15) is 14.9 Å². The average molecular weight is 379 g/mol. The van der Waals surface area contributed by atoms with Gasteiger partial charge in [-0.25, -0.2) is 0 Å². The second-order valence-electron chi connectivity index (χ2n) is 7.67. The minimum atomic E-state index is -1.28. The first-order chi connectivity index (χ1) is 13.6. The minimum absolute atomic E-state index is 0.0800. The Bertz CT molecular complexity index is 978. The molecule has 7 heteroatoms. The number of carbonyl (C=O) groups is 1. The number of nitrogens with zero attached hydrogens (tertiary/aromatic N) is 2. The van der Waals surface area contributed by atoms with E-state index in [1.165, 1.54) is 0 Å². The summed E-state index contributed by atoms with van der Waals surface area (Å²) >= 11 is 0. The van der Waals surface area contributed by atoms with Crippen LogP contribution in [0, 0.1) is 10.1 Å². The van der Waals surface area contributed by atoms with Crippen LogP contribution in [-0.2, 0) is 10.3 Å². The number of hydrogen-bond acceptors (Lipinski definition) is 5. The van der Waals surface area contributed by atoms with Crippen LogP contribution >= 0.6 is 0 Å². The Labute approximate surface area is 162 Å². The third-order valence-corrected chi connectivity index (χ3v) is 6.59. The summed E-state index contributed by atoms with van der Waals surface area (Å²) in [5, 5.41) is 15.4. The maximum atomic E-state index is 13.4. The molecule has 3 heterocycles. The monoisotopic (exact) mass is 379 g/mol. The molecule has 0 aromatic heterocycles. The van der Waals surface area contributed by atoms with Crippen LogP contribution in [0.2, 0.25) is 0 Å². The van der Waals surface area contributed by atoms with Gasteiger partial charge in [0.25, 0.3) is 11.9 Å². The highest BCUT2D eigenvalue weighted by Gasteiger charge is 2.73. The zero-order chi connectivity index (χ0) is 19.5. The number of nitro groups is 1. The van der Waals surface area contributed by atoms with Crippen molar-refractivity contribution < 1.29 is 14.5 Å². The van der Waals surface area contributed by atoms with Gasteiger partial charge in [0.2, 0.25) is 0 Å². The lowest BCUT2D eigenvalue weighted by molar-refractivity contribution is -0.534. The maximum Gasteiger partial charge on any atom is 0.256 e. The lowest BCUT2D eigenvalue weighted by atomic mass is 9.77. The highest BCUT2D eigenvalue weighted by molar-refractivity contribution is 6.07. The molecule has 2 saturated heterocycles. The van der Waals surface area contributed by atoms with Gasteiger partial charge in [0.05, 0.1) is 13.0 Å². The van der Waals surface area contributed by atoms with Crippen molar-refractivity contribution >= 4 is 11.6 Å². The van der Waals surface area contributed by atoms with Crippen LogP contribution in [0.1, 0.15) is 29.9 Å². The number of ether oxygens (including phenoxy) is 1. The zero-order valence-corrected chi connectivity index (χ0v) is 15.5. The van der Waals surface area contributed by atoms with Crippen LogP contribution < -0.4 is 10.1 Å². The fourth-order valence-corrected chi connectivity index (χ4v) is 5.69. The highest BCUT2D eigenvalue weighted by Crippen LogP contribution is 2.58. The van der Waals surface area contributed by atoms with Gasteiger partial charge >= 0.3 is 0 Å². The topological polar surface area (TPSA) is 84.7 Å². The quantitative estimate of drug-likeness (QED) is 0.655. The van der Waals surface area contributed by atoms with Gasteiger partial charge in [0, 0.05) is 34.3 Å². The maximum absolute atomic E-state index is 13.4. The number of fused-ring (bicyclic) bond motifs is 4. The summed E-state index contributed by atoms with van der Waals surface area (Å²) < 4.78 is 5.54. The Morgan fingerprint density at radius 1 is 1.21 bits per heavy atom. The third kappa shape index (κ3) is 1.99. The fraction of sp³-hybridized carbons (Fsp3) is 0.381. The second kappa shape index (κ2) is 6.04. The molecule has 1 N–H and O–H groups in total. The summed E-state index contributed by atoms with van der Waals surface area (Å²) in [7, 11) is 1.58. The Balaban J connectivity index is 1.78. The van der Waals surface area contributed by atoms with Gasteiger partial charge in [-0.1, -0.05) is 36.4 Å². The van der Waals surface area contributed by atoms with Crippen molar-refractivity contribution in [3.05, 3.63) is 69.8 Å². The first kappa shape index (κ1) is 17.2. The summed E-state index contributed by atoms with van der Waals surface area (Å²) in [6.07, 6.45) is 1.74. The number of anilines is 1. The minimum Gasteiger partial charge on any atom is -0.496 e. The van der Waals surface area contributed by atoms with Crippen LogP contribution in [0.3, 0.4) is 0 Å². The van der Waals surface area contributed by atoms with Gasteiger partial charge < -0.3 is 10.1 Å². The van der Waals surface area contributed by atoms with Crippen molar-refractivity contribution in [2.75, 3.05) is 19.0 Å². The van der Waals surface area contributed by atoms with Gasteiger partial charge in [-0.05, 0) is 25.0 Å². The summed E-state index contributed by atoms with van der Waals surface area (Å²) in [6, 6.07) is 13.7.